The third-order valence-electron chi connectivity index (χ3n) is 2.30. The predicted molar refractivity (Wildman–Crippen MR) is 48.8 cm³/mol. The van der Waals surface area contributed by atoms with Crippen LogP contribution in [-0.4, -0.2) is 37.0 Å². The molecule has 1 heterocycles. The van der Waals surface area contributed by atoms with Gasteiger partial charge in [0.05, 0.1) is 17.8 Å². The average Bonchev–Trinajstić information content (AvgIpc) is 2.51. The average molecular weight is 220 g/mol. The van der Waals surface area contributed by atoms with Gasteiger partial charge in [-0.2, -0.15) is 4.31 Å². The van der Waals surface area contributed by atoms with Crippen molar-refractivity contribution >= 4 is 16.0 Å². The van der Waals surface area contributed by atoms with E-state index in [1.165, 1.54) is 0 Å². The Morgan fingerprint density at radius 2 is 2.21 bits per heavy atom. The zero-order valence-corrected chi connectivity index (χ0v) is 8.92. The molecule has 14 heavy (non-hydrogen) atoms. The number of rotatable bonds is 4. The van der Waals surface area contributed by atoms with Gasteiger partial charge in [-0.3, -0.25) is 0 Å². The molecule has 1 saturated heterocycles. The summed E-state index contributed by atoms with van der Waals surface area (Å²) < 4.78 is 24.2. The number of carboxylic acid groups (broad SMARTS) is 1. The first-order chi connectivity index (χ1) is 6.49. The molecular weight excluding hydrogens is 206 g/mol. The second-order valence-corrected chi connectivity index (χ2v) is 5.44. The second kappa shape index (κ2) is 4.27. The van der Waals surface area contributed by atoms with Crippen LogP contribution in [-0.2, 0) is 14.8 Å². The van der Waals surface area contributed by atoms with Crippen LogP contribution in [0, 0.1) is 0 Å². The van der Waals surface area contributed by atoms with Crippen LogP contribution in [0.5, 0.6) is 0 Å². The molecule has 1 rings (SSSR count). The molecule has 0 aromatic rings. The van der Waals surface area contributed by atoms with Gasteiger partial charge in [-0.1, -0.05) is 6.92 Å². The van der Waals surface area contributed by atoms with E-state index >= 15 is 0 Å². The molecule has 5 nitrogen and oxygen atoms in total. The maximum Gasteiger partial charge on any atom is 0.214 e. The summed E-state index contributed by atoms with van der Waals surface area (Å²) >= 11 is 0. The summed E-state index contributed by atoms with van der Waals surface area (Å²) in [5.41, 5.74) is 0. The topological polar surface area (TPSA) is 77.5 Å². The largest absolute Gasteiger partial charge is 0.548 e. The Morgan fingerprint density at radius 3 is 2.71 bits per heavy atom. The summed E-state index contributed by atoms with van der Waals surface area (Å²) in [6.45, 7) is 2.06. The van der Waals surface area contributed by atoms with Crippen LogP contribution < -0.4 is 5.11 Å². The minimum absolute atomic E-state index is 0.0107. The number of carbonyl (C=O) groups excluding carboxylic acids is 1. The van der Waals surface area contributed by atoms with Crippen molar-refractivity contribution in [2.24, 2.45) is 0 Å². The number of aliphatic carboxylic acids is 1. The number of sulfonamides is 1. The van der Waals surface area contributed by atoms with Gasteiger partial charge in [0.25, 0.3) is 0 Å². The molecule has 0 amide bonds. The molecule has 82 valence electrons. The zero-order valence-electron chi connectivity index (χ0n) is 8.10. The lowest BCUT2D eigenvalue weighted by atomic mass is 10.2. The summed E-state index contributed by atoms with van der Waals surface area (Å²) in [7, 11) is -3.39. The number of carbonyl (C=O) groups is 1. The molecule has 0 unspecified atom stereocenters. The lowest BCUT2D eigenvalue weighted by Gasteiger charge is -2.24. The molecule has 0 bridgehead atoms. The number of nitrogens with zero attached hydrogens (tertiary/aromatic N) is 1. The Labute approximate surface area is 83.8 Å². The smallest absolute Gasteiger partial charge is 0.214 e. The Morgan fingerprint density at radius 1 is 1.57 bits per heavy atom. The van der Waals surface area contributed by atoms with E-state index in [1.54, 1.807) is 6.92 Å². The van der Waals surface area contributed by atoms with Crippen molar-refractivity contribution in [3.63, 3.8) is 0 Å². The fourth-order valence-corrected chi connectivity index (χ4v) is 3.42. The van der Waals surface area contributed by atoms with Crippen molar-refractivity contribution in [1.82, 2.24) is 4.31 Å². The van der Waals surface area contributed by atoms with Gasteiger partial charge in [0.1, 0.15) is 0 Å². The minimum atomic E-state index is -3.39. The van der Waals surface area contributed by atoms with E-state index in [0.717, 1.165) is 4.31 Å². The first-order valence-electron chi connectivity index (χ1n) is 4.69. The van der Waals surface area contributed by atoms with Crippen molar-refractivity contribution in [1.29, 1.82) is 0 Å². The van der Waals surface area contributed by atoms with E-state index in [4.69, 9.17) is 0 Å². The maximum absolute atomic E-state index is 11.6. The summed E-state index contributed by atoms with van der Waals surface area (Å²) in [5.74, 6) is -1.28. The lowest BCUT2D eigenvalue weighted by Crippen LogP contribution is -2.47. The van der Waals surface area contributed by atoms with Crippen molar-refractivity contribution < 1.29 is 18.3 Å². The van der Waals surface area contributed by atoms with Gasteiger partial charge in [0, 0.05) is 6.54 Å². The Bertz CT molecular complexity index is 311. The summed E-state index contributed by atoms with van der Waals surface area (Å²) in [6, 6.07) is -0.952. The monoisotopic (exact) mass is 220 g/mol. The summed E-state index contributed by atoms with van der Waals surface area (Å²) in [5, 5.41) is 10.6. The highest BCUT2D eigenvalue weighted by Gasteiger charge is 2.34. The van der Waals surface area contributed by atoms with Crippen LogP contribution in [0.1, 0.15) is 26.2 Å². The predicted octanol–water partition coefficient (Wildman–Crippen LogP) is -1.06. The molecule has 0 saturated carbocycles. The van der Waals surface area contributed by atoms with Crippen LogP contribution >= 0.6 is 0 Å². The Hall–Kier alpha value is -0.620. The zero-order chi connectivity index (χ0) is 10.8. The molecule has 0 radical (unpaired) electrons. The molecule has 0 spiro atoms. The molecule has 6 heteroatoms. The Balaban J connectivity index is 2.81. The Kier molecular flexibility index (Phi) is 3.49. The fraction of sp³-hybridized carbons (Fsp3) is 0.875. The molecule has 0 N–H and O–H groups in total. The van der Waals surface area contributed by atoms with Crippen LogP contribution in [0.15, 0.2) is 0 Å². The first-order valence-corrected chi connectivity index (χ1v) is 6.30. The van der Waals surface area contributed by atoms with Crippen molar-refractivity contribution in [2.45, 2.75) is 32.2 Å². The van der Waals surface area contributed by atoms with Gasteiger partial charge in [-0.25, -0.2) is 8.42 Å². The quantitative estimate of drug-likeness (QED) is 0.605. The van der Waals surface area contributed by atoms with Crippen molar-refractivity contribution in [3.8, 4) is 0 Å². The van der Waals surface area contributed by atoms with Crippen LogP contribution in [0.3, 0.4) is 0 Å². The van der Waals surface area contributed by atoms with Gasteiger partial charge in [0.15, 0.2) is 0 Å². The number of hydrogen-bond acceptors (Lipinski definition) is 4. The molecule has 0 aromatic heterocycles. The molecule has 1 fully saturated rings. The molecule has 0 aromatic carbocycles. The molecule has 0 aliphatic carbocycles. The van der Waals surface area contributed by atoms with Gasteiger partial charge in [-0.15, -0.1) is 0 Å². The minimum Gasteiger partial charge on any atom is -0.548 e. The highest BCUT2D eigenvalue weighted by atomic mass is 32.2. The highest BCUT2D eigenvalue weighted by molar-refractivity contribution is 7.89. The van der Waals surface area contributed by atoms with Crippen molar-refractivity contribution in [2.75, 3.05) is 12.3 Å². The van der Waals surface area contributed by atoms with Crippen LogP contribution in [0.25, 0.3) is 0 Å². The molecular formula is C8H14NO4S-. The lowest BCUT2D eigenvalue weighted by molar-refractivity contribution is -0.309. The SMILES string of the molecule is CCCS(=O)(=O)N1CCC[C@H]1C(=O)[O-]. The van der Waals surface area contributed by atoms with Gasteiger partial charge < -0.3 is 9.90 Å². The molecule has 1 aliphatic rings. The number of hydrogen-bond donors (Lipinski definition) is 0. The molecule has 1 atom stereocenters. The third-order valence-corrected chi connectivity index (χ3v) is 4.37. The van der Waals surface area contributed by atoms with Gasteiger partial charge in [-0.05, 0) is 19.3 Å². The van der Waals surface area contributed by atoms with Crippen LogP contribution in [0.2, 0.25) is 0 Å². The maximum atomic E-state index is 11.6. The van der Waals surface area contributed by atoms with E-state index in [-0.39, 0.29) is 5.75 Å². The first kappa shape index (κ1) is 11.5. The van der Waals surface area contributed by atoms with E-state index in [9.17, 15) is 18.3 Å². The van der Waals surface area contributed by atoms with E-state index < -0.39 is 22.0 Å². The van der Waals surface area contributed by atoms with Crippen molar-refractivity contribution in [3.05, 3.63) is 0 Å². The van der Waals surface area contributed by atoms with Crippen LogP contribution in [0.4, 0.5) is 0 Å². The van der Waals surface area contributed by atoms with E-state index in [1.807, 2.05) is 0 Å². The second-order valence-electron chi connectivity index (χ2n) is 3.40. The molecule has 1 aliphatic heterocycles. The fourth-order valence-electron chi connectivity index (χ4n) is 1.68. The highest BCUT2D eigenvalue weighted by Crippen LogP contribution is 2.21. The van der Waals surface area contributed by atoms with E-state index in [2.05, 4.69) is 0 Å². The van der Waals surface area contributed by atoms with Gasteiger partial charge >= 0.3 is 0 Å². The summed E-state index contributed by atoms with van der Waals surface area (Å²) in [4.78, 5) is 10.6. The van der Waals surface area contributed by atoms with Gasteiger partial charge in [0.2, 0.25) is 10.0 Å². The standard InChI is InChI=1S/C8H15NO4S/c1-2-6-14(12,13)9-5-3-4-7(9)8(10)11/h7H,2-6H2,1H3,(H,10,11)/p-1/t7-/m0/s1. The summed E-state index contributed by atoms with van der Waals surface area (Å²) in [6.07, 6.45) is 1.46. The van der Waals surface area contributed by atoms with E-state index in [0.29, 0.717) is 25.8 Å². The normalized spacial score (nSPS) is 23.9. The number of carboxylic acids is 1. The third kappa shape index (κ3) is 2.24.